The van der Waals surface area contributed by atoms with Crippen molar-refractivity contribution < 1.29 is 9.53 Å². The summed E-state index contributed by atoms with van der Waals surface area (Å²) in [6.07, 6.45) is 5.47. The van der Waals surface area contributed by atoms with E-state index in [4.69, 9.17) is 4.74 Å². The molecule has 0 saturated carbocycles. The van der Waals surface area contributed by atoms with Gasteiger partial charge in [0.1, 0.15) is 5.75 Å². The molecular formula is C26H33N3O2. The van der Waals surface area contributed by atoms with Crippen molar-refractivity contribution in [1.82, 2.24) is 9.88 Å². The number of amides is 1. The van der Waals surface area contributed by atoms with Crippen LogP contribution in [0.5, 0.6) is 5.75 Å². The quantitative estimate of drug-likeness (QED) is 0.554. The minimum Gasteiger partial charge on any atom is -0.495 e. The number of carbonyl (C=O) groups excluding carboxylic acids is 1. The fourth-order valence-electron chi connectivity index (χ4n) is 4.49. The molecule has 164 valence electrons. The molecule has 1 aromatic heterocycles. The van der Waals surface area contributed by atoms with Gasteiger partial charge in [0, 0.05) is 29.7 Å². The van der Waals surface area contributed by atoms with Crippen molar-refractivity contribution in [3.63, 3.8) is 0 Å². The van der Waals surface area contributed by atoms with Gasteiger partial charge in [-0.2, -0.15) is 0 Å². The molecule has 0 aliphatic carbocycles. The second kappa shape index (κ2) is 9.56. The zero-order valence-electron chi connectivity index (χ0n) is 18.8. The molecule has 5 nitrogen and oxygen atoms in total. The lowest BCUT2D eigenvalue weighted by Crippen LogP contribution is -2.34. The third-order valence-electron chi connectivity index (χ3n) is 6.42. The van der Waals surface area contributed by atoms with Gasteiger partial charge in [0.2, 0.25) is 5.91 Å². The predicted octanol–water partition coefficient (Wildman–Crippen LogP) is 5.19. The summed E-state index contributed by atoms with van der Waals surface area (Å²) in [4.78, 5) is 17.9. The third-order valence-corrected chi connectivity index (χ3v) is 6.42. The van der Waals surface area contributed by atoms with Crippen LogP contribution in [0.15, 0.2) is 48.7 Å². The number of hydrogen-bond acceptors (Lipinski definition) is 3. The summed E-state index contributed by atoms with van der Waals surface area (Å²) in [5.74, 6) is 1.52. The third kappa shape index (κ3) is 4.93. The smallest absolute Gasteiger partial charge is 0.226 e. The second-order valence-corrected chi connectivity index (χ2v) is 8.83. The van der Waals surface area contributed by atoms with E-state index in [2.05, 4.69) is 51.7 Å². The Hall–Kier alpha value is -2.79. The molecule has 0 radical (unpaired) electrons. The van der Waals surface area contributed by atoms with Gasteiger partial charge < -0.3 is 19.9 Å². The number of likely N-dealkylation sites (tertiary alicyclic amines) is 1. The molecule has 2 N–H and O–H groups in total. The minimum atomic E-state index is -0.00914. The first-order chi connectivity index (χ1) is 15.0. The van der Waals surface area contributed by atoms with E-state index in [1.54, 1.807) is 7.11 Å². The largest absolute Gasteiger partial charge is 0.495 e. The molecule has 1 saturated heterocycles. The zero-order chi connectivity index (χ0) is 21.8. The molecule has 3 aromatic rings. The highest BCUT2D eigenvalue weighted by Gasteiger charge is 2.21. The monoisotopic (exact) mass is 419 g/mol. The van der Waals surface area contributed by atoms with Gasteiger partial charge in [0.05, 0.1) is 12.6 Å². The number of ether oxygens (including phenoxy) is 1. The number of rotatable bonds is 7. The van der Waals surface area contributed by atoms with Gasteiger partial charge in [-0.3, -0.25) is 4.79 Å². The first kappa shape index (κ1) is 21.4. The van der Waals surface area contributed by atoms with E-state index >= 15 is 0 Å². The maximum absolute atomic E-state index is 12.0. The highest BCUT2D eigenvalue weighted by atomic mass is 16.5. The number of piperidine rings is 1. The van der Waals surface area contributed by atoms with E-state index in [-0.39, 0.29) is 11.8 Å². The molecule has 0 atom stereocenters. The van der Waals surface area contributed by atoms with Gasteiger partial charge in [0.25, 0.3) is 0 Å². The van der Waals surface area contributed by atoms with Crippen molar-refractivity contribution in [2.45, 2.75) is 39.0 Å². The number of aromatic amines is 1. The lowest BCUT2D eigenvalue weighted by Gasteiger charge is -2.32. The van der Waals surface area contributed by atoms with Crippen LogP contribution < -0.4 is 10.1 Å². The average Bonchev–Trinajstić information content (AvgIpc) is 3.21. The molecule has 2 heterocycles. The number of carbonyl (C=O) groups is 1. The Morgan fingerprint density at radius 1 is 1.19 bits per heavy atom. The number of aromatic nitrogens is 1. The summed E-state index contributed by atoms with van der Waals surface area (Å²) in [7, 11) is 1.72. The molecule has 0 spiro atoms. The summed E-state index contributed by atoms with van der Waals surface area (Å²) in [5.41, 5.74) is 4.69. The first-order valence-electron chi connectivity index (χ1n) is 11.3. The summed E-state index contributed by atoms with van der Waals surface area (Å²) >= 11 is 0. The number of anilines is 1. The van der Waals surface area contributed by atoms with Crippen molar-refractivity contribution in [2.75, 3.05) is 32.1 Å². The molecule has 0 bridgehead atoms. The van der Waals surface area contributed by atoms with Crippen molar-refractivity contribution in [1.29, 1.82) is 0 Å². The predicted molar refractivity (Wildman–Crippen MR) is 127 cm³/mol. The summed E-state index contributed by atoms with van der Waals surface area (Å²) < 4.78 is 5.47. The Morgan fingerprint density at radius 3 is 2.71 bits per heavy atom. The van der Waals surface area contributed by atoms with Crippen molar-refractivity contribution >= 4 is 22.5 Å². The van der Waals surface area contributed by atoms with E-state index in [0.717, 1.165) is 55.9 Å². The minimum absolute atomic E-state index is 0.00914. The SMILES string of the molecule is COc1cccc2c(CCN3CCC(c4cccc(NC(=O)C(C)C)c4)CC3)c[nH]c12. The van der Waals surface area contributed by atoms with Crippen LogP contribution in [0.1, 0.15) is 43.7 Å². The topological polar surface area (TPSA) is 57.4 Å². The number of para-hydroxylation sites is 1. The van der Waals surface area contributed by atoms with E-state index in [0.29, 0.717) is 5.92 Å². The number of hydrogen-bond donors (Lipinski definition) is 2. The van der Waals surface area contributed by atoms with Gasteiger partial charge in [-0.1, -0.05) is 38.1 Å². The molecule has 2 aromatic carbocycles. The van der Waals surface area contributed by atoms with Gasteiger partial charge in [0.15, 0.2) is 0 Å². The van der Waals surface area contributed by atoms with Crippen LogP contribution in [0, 0.1) is 5.92 Å². The average molecular weight is 420 g/mol. The number of methoxy groups -OCH3 is 1. The number of benzene rings is 2. The Morgan fingerprint density at radius 2 is 1.97 bits per heavy atom. The van der Waals surface area contributed by atoms with E-state index < -0.39 is 0 Å². The summed E-state index contributed by atoms with van der Waals surface area (Å²) in [6.45, 7) is 7.13. The van der Waals surface area contributed by atoms with E-state index in [1.165, 1.54) is 16.5 Å². The number of nitrogens with one attached hydrogen (secondary N) is 2. The Kier molecular flexibility index (Phi) is 6.62. The standard InChI is InChI=1S/C26H33N3O2/c1-18(2)26(30)28-22-7-4-6-20(16-22)19-10-13-29(14-11-19)15-12-21-17-27-25-23(21)8-5-9-24(25)31-3/h4-9,16-19,27H,10-15H2,1-3H3,(H,28,30). The van der Waals surface area contributed by atoms with Crippen LogP contribution in [0.2, 0.25) is 0 Å². The Balaban J connectivity index is 1.32. The molecule has 0 unspecified atom stereocenters. The molecule has 4 rings (SSSR count). The van der Waals surface area contributed by atoms with Crippen LogP contribution in [-0.2, 0) is 11.2 Å². The van der Waals surface area contributed by atoms with Crippen LogP contribution in [-0.4, -0.2) is 42.5 Å². The maximum atomic E-state index is 12.0. The number of nitrogens with zero attached hydrogens (tertiary/aromatic N) is 1. The van der Waals surface area contributed by atoms with Crippen molar-refractivity contribution in [3.8, 4) is 5.75 Å². The fourth-order valence-corrected chi connectivity index (χ4v) is 4.49. The van der Waals surface area contributed by atoms with Crippen LogP contribution in [0.4, 0.5) is 5.69 Å². The molecule has 1 amide bonds. The van der Waals surface area contributed by atoms with Crippen LogP contribution in [0.3, 0.4) is 0 Å². The lowest BCUT2D eigenvalue weighted by atomic mass is 9.89. The van der Waals surface area contributed by atoms with Crippen molar-refractivity contribution in [3.05, 3.63) is 59.8 Å². The highest BCUT2D eigenvalue weighted by Crippen LogP contribution is 2.31. The van der Waals surface area contributed by atoms with E-state index in [1.807, 2.05) is 26.0 Å². The Labute approximate surface area is 184 Å². The number of fused-ring (bicyclic) bond motifs is 1. The fraction of sp³-hybridized carbons (Fsp3) is 0.423. The summed E-state index contributed by atoms with van der Waals surface area (Å²) in [5, 5.41) is 4.29. The lowest BCUT2D eigenvalue weighted by molar-refractivity contribution is -0.118. The molecule has 1 aliphatic heterocycles. The van der Waals surface area contributed by atoms with Crippen LogP contribution >= 0.6 is 0 Å². The Bertz CT molecular complexity index is 1030. The van der Waals surface area contributed by atoms with Gasteiger partial charge >= 0.3 is 0 Å². The summed E-state index contributed by atoms with van der Waals surface area (Å²) in [6, 6.07) is 14.6. The zero-order valence-corrected chi connectivity index (χ0v) is 18.8. The van der Waals surface area contributed by atoms with E-state index in [9.17, 15) is 4.79 Å². The molecule has 31 heavy (non-hydrogen) atoms. The molecule has 5 heteroatoms. The van der Waals surface area contributed by atoms with Gasteiger partial charge in [-0.05, 0) is 67.6 Å². The van der Waals surface area contributed by atoms with Gasteiger partial charge in [-0.25, -0.2) is 0 Å². The molecule has 1 aliphatic rings. The molecular weight excluding hydrogens is 386 g/mol. The van der Waals surface area contributed by atoms with Crippen molar-refractivity contribution in [2.24, 2.45) is 5.92 Å². The van der Waals surface area contributed by atoms with Gasteiger partial charge in [-0.15, -0.1) is 0 Å². The molecule has 1 fully saturated rings. The highest BCUT2D eigenvalue weighted by molar-refractivity contribution is 5.92. The number of H-pyrrole nitrogens is 1. The van der Waals surface area contributed by atoms with Crippen LogP contribution in [0.25, 0.3) is 10.9 Å². The first-order valence-corrected chi connectivity index (χ1v) is 11.3. The normalized spacial score (nSPS) is 15.5. The second-order valence-electron chi connectivity index (χ2n) is 8.83. The maximum Gasteiger partial charge on any atom is 0.226 e.